The minimum atomic E-state index is -0.905. The first kappa shape index (κ1) is 22.8. The highest BCUT2D eigenvalue weighted by molar-refractivity contribution is 5.66. The minimum absolute atomic E-state index is 0.0129. The van der Waals surface area contributed by atoms with Crippen LogP contribution < -0.4 is 0 Å². The number of ether oxygens (including phenoxy) is 1. The Morgan fingerprint density at radius 3 is 2.65 bits per heavy atom. The van der Waals surface area contributed by atoms with Crippen molar-refractivity contribution in [2.45, 2.75) is 95.2 Å². The number of carboxylic acid groups (broad SMARTS) is 1. The van der Waals surface area contributed by atoms with Crippen molar-refractivity contribution >= 4 is 5.97 Å². The van der Waals surface area contributed by atoms with E-state index < -0.39 is 30.4 Å². The van der Waals surface area contributed by atoms with Gasteiger partial charge in [0.25, 0.3) is 0 Å². The van der Waals surface area contributed by atoms with Crippen molar-refractivity contribution in [2.24, 2.45) is 0 Å². The Morgan fingerprint density at radius 1 is 1.19 bits per heavy atom. The van der Waals surface area contributed by atoms with Crippen LogP contribution >= 0.6 is 0 Å². The number of unbranched alkanes of at least 4 members (excludes halogenated alkanes) is 3. The summed E-state index contributed by atoms with van der Waals surface area (Å²) >= 11 is 0. The SMILES string of the molecule is CCCCC/C=C\C[C@H]1O[C@H]([C@H](O)/C=C/[C@H](O)CCCC(=O)O)C[C@@H]1O. The fourth-order valence-electron chi connectivity index (χ4n) is 2.98. The summed E-state index contributed by atoms with van der Waals surface area (Å²) in [6.07, 6.45) is 10.3. The zero-order chi connectivity index (χ0) is 19.4. The number of aliphatic carboxylic acids is 1. The lowest BCUT2D eigenvalue weighted by atomic mass is 10.0. The first-order valence-electron chi connectivity index (χ1n) is 9.68. The molecular weight excluding hydrogens is 336 g/mol. The van der Waals surface area contributed by atoms with Crippen molar-refractivity contribution in [2.75, 3.05) is 0 Å². The van der Waals surface area contributed by atoms with E-state index in [0.717, 1.165) is 6.42 Å². The normalized spacial score (nSPS) is 25.9. The standard InChI is InChI=1S/C20H34O6/c1-2-3-4-5-6-7-10-18-17(23)14-19(26-18)16(22)13-12-15(21)9-8-11-20(24)25/h6-7,12-13,15-19,21-23H,2-5,8-11,14H2,1H3,(H,24,25)/b7-6-,13-12+/t15-,16-,17+,18-,19+/m1/s1. The maximum atomic E-state index is 10.4. The smallest absolute Gasteiger partial charge is 0.303 e. The number of rotatable bonds is 13. The largest absolute Gasteiger partial charge is 0.481 e. The van der Waals surface area contributed by atoms with E-state index in [1.807, 2.05) is 6.08 Å². The van der Waals surface area contributed by atoms with Gasteiger partial charge >= 0.3 is 5.97 Å². The van der Waals surface area contributed by atoms with Crippen LogP contribution in [0.5, 0.6) is 0 Å². The third-order valence-corrected chi connectivity index (χ3v) is 4.56. The van der Waals surface area contributed by atoms with Gasteiger partial charge in [0.2, 0.25) is 0 Å². The third-order valence-electron chi connectivity index (χ3n) is 4.56. The highest BCUT2D eigenvalue weighted by Gasteiger charge is 2.36. The lowest BCUT2D eigenvalue weighted by Gasteiger charge is -2.16. The quantitative estimate of drug-likeness (QED) is 0.293. The van der Waals surface area contributed by atoms with Gasteiger partial charge in [-0.15, -0.1) is 0 Å². The zero-order valence-electron chi connectivity index (χ0n) is 15.7. The van der Waals surface area contributed by atoms with E-state index in [9.17, 15) is 20.1 Å². The molecule has 0 amide bonds. The molecule has 26 heavy (non-hydrogen) atoms. The number of hydrogen-bond acceptors (Lipinski definition) is 5. The first-order chi connectivity index (χ1) is 12.4. The maximum Gasteiger partial charge on any atom is 0.303 e. The van der Waals surface area contributed by atoms with Crippen LogP contribution in [0.2, 0.25) is 0 Å². The zero-order valence-corrected chi connectivity index (χ0v) is 15.7. The molecule has 150 valence electrons. The predicted octanol–water partition coefficient (Wildman–Crippen LogP) is 2.56. The molecule has 0 spiro atoms. The molecule has 0 saturated carbocycles. The van der Waals surface area contributed by atoms with Crippen LogP contribution in [0.15, 0.2) is 24.3 Å². The Morgan fingerprint density at radius 2 is 1.96 bits per heavy atom. The van der Waals surface area contributed by atoms with Crippen molar-refractivity contribution in [3.8, 4) is 0 Å². The molecule has 4 N–H and O–H groups in total. The van der Waals surface area contributed by atoms with Gasteiger partial charge in [0.15, 0.2) is 0 Å². The van der Waals surface area contributed by atoms with Gasteiger partial charge in [0.1, 0.15) is 0 Å². The second-order valence-corrected chi connectivity index (χ2v) is 6.95. The number of aliphatic hydroxyl groups is 3. The molecule has 1 fully saturated rings. The summed E-state index contributed by atoms with van der Waals surface area (Å²) in [6, 6.07) is 0. The van der Waals surface area contributed by atoms with Crippen molar-refractivity contribution in [3.05, 3.63) is 24.3 Å². The highest BCUT2D eigenvalue weighted by Crippen LogP contribution is 2.26. The van der Waals surface area contributed by atoms with Gasteiger partial charge in [-0.2, -0.15) is 0 Å². The number of allylic oxidation sites excluding steroid dienone is 1. The van der Waals surface area contributed by atoms with Crippen LogP contribution in [0, 0.1) is 0 Å². The van der Waals surface area contributed by atoms with E-state index in [1.165, 1.54) is 31.4 Å². The Hall–Kier alpha value is -1.21. The van der Waals surface area contributed by atoms with E-state index in [0.29, 0.717) is 25.7 Å². The topological polar surface area (TPSA) is 107 Å². The van der Waals surface area contributed by atoms with Crippen molar-refractivity contribution in [1.82, 2.24) is 0 Å². The molecule has 6 heteroatoms. The Kier molecular flexibility index (Phi) is 11.4. The lowest BCUT2D eigenvalue weighted by molar-refractivity contribution is -0.137. The summed E-state index contributed by atoms with van der Waals surface area (Å²) < 4.78 is 5.75. The first-order valence-corrected chi connectivity index (χ1v) is 9.68. The molecule has 1 heterocycles. The third kappa shape index (κ3) is 9.48. The second kappa shape index (κ2) is 13.0. The molecule has 0 radical (unpaired) electrons. The summed E-state index contributed by atoms with van der Waals surface area (Å²) in [5.74, 6) is -0.889. The average molecular weight is 370 g/mol. The van der Waals surface area contributed by atoms with Gasteiger partial charge in [-0.3, -0.25) is 4.79 Å². The Labute approximate surface area is 156 Å². The van der Waals surface area contributed by atoms with Crippen molar-refractivity contribution < 1.29 is 30.0 Å². The van der Waals surface area contributed by atoms with Gasteiger partial charge in [-0.05, 0) is 32.1 Å². The Balaban J connectivity index is 2.31. The van der Waals surface area contributed by atoms with Crippen LogP contribution in [-0.2, 0) is 9.53 Å². The number of hydrogen-bond donors (Lipinski definition) is 4. The van der Waals surface area contributed by atoms with Crippen LogP contribution in [0.3, 0.4) is 0 Å². The predicted molar refractivity (Wildman–Crippen MR) is 99.8 cm³/mol. The fraction of sp³-hybridized carbons (Fsp3) is 0.750. The average Bonchev–Trinajstić information content (AvgIpc) is 2.96. The van der Waals surface area contributed by atoms with E-state index in [4.69, 9.17) is 9.84 Å². The highest BCUT2D eigenvalue weighted by atomic mass is 16.5. The molecule has 0 unspecified atom stereocenters. The molecule has 0 aromatic heterocycles. The fourth-order valence-corrected chi connectivity index (χ4v) is 2.98. The van der Waals surface area contributed by atoms with Crippen molar-refractivity contribution in [1.29, 1.82) is 0 Å². The van der Waals surface area contributed by atoms with E-state index in [1.54, 1.807) is 0 Å². The maximum absolute atomic E-state index is 10.4. The summed E-state index contributed by atoms with van der Waals surface area (Å²) in [5.41, 5.74) is 0. The number of carbonyl (C=O) groups is 1. The van der Waals surface area contributed by atoms with E-state index in [2.05, 4.69) is 13.0 Å². The van der Waals surface area contributed by atoms with Crippen molar-refractivity contribution in [3.63, 3.8) is 0 Å². The molecule has 1 aliphatic rings. The number of aliphatic hydroxyl groups excluding tert-OH is 3. The lowest BCUT2D eigenvalue weighted by Crippen LogP contribution is -2.24. The van der Waals surface area contributed by atoms with E-state index in [-0.39, 0.29) is 12.5 Å². The summed E-state index contributed by atoms with van der Waals surface area (Å²) in [4.78, 5) is 10.4. The molecule has 0 aromatic carbocycles. The van der Waals surface area contributed by atoms with Gasteiger partial charge in [0, 0.05) is 12.8 Å². The molecular formula is C20H34O6. The van der Waals surface area contributed by atoms with Gasteiger partial charge < -0.3 is 25.2 Å². The van der Waals surface area contributed by atoms with Crippen LogP contribution in [0.25, 0.3) is 0 Å². The van der Waals surface area contributed by atoms with Gasteiger partial charge in [0.05, 0.1) is 30.5 Å². The summed E-state index contributed by atoms with van der Waals surface area (Å²) in [5, 5.41) is 38.6. The molecule has 5 atom stereocenters. The second-order valence-electron chi connectivity index (χ2n) is 6.95. The molecule has 0 bridgehead atoms. The molecule has 1 rings (SSSR count). The Bertz CT molecular complexity index is 448. The molecule has 1 aliphatic heterocycles. The van der Waals surface area contributed by atoms with E-state index >= 15 is 0 Å². The van der Waals surface area contributed by atoms with Gasteiger partial charge in [-0.1, -0.05) is 44.1 Å². The van der Waals surface area contributed by atoms with Crippen LogP contribution in [-0.4, -0.2) is 56.9 Å². The summed E-state index contributed by atoms with van der Waals surface area (Å²) in [7, 11) is 0. The molecule has 0 aromatic rings. The minimum Gasteiger partial charge on any atom is -0.481 e. The molecule has 6 nitrogen and oxygen atoms in total. The van der Waals surface area contributed by atoms with Crippen LogP contribution in [0.1, 0.15) is 64.7 Å². The summed E-state index contributed by atoms with van der Waals surface area (Å²) in [6.45, 7) is 2.17. The molecule has 0 aliphatic carbocycles. The van der Waals surface area contributed by atoms with Gasteiger partial charge in [-0.25, -0.2) is 0 Å². The van der Waals surface area contributed by atoms with Crippen LogP contribution in [0.4, 0.5) is 0 Å². The molecule has 1 saturated heterocycles. The monoisotopic (exact) mass is 370 g/mol. The number of carboxylic acids is 1.